The van der Waals surface area contributed by atoms with E-state index in [2.05, 4.69) is 0 Å². The van der Waals surface area contributed by atoms with Crippen molar-refractivity contribution < 1.29 is 8.42 Å². The summed E-state index contributed by atoms with van der Waals surface area (Å²) >= 11 is 0. The fourth-order valence-electron chi connectivity index (χ4n) is 2.23. The highest BCUT2D eigenvalue weighted by Crippen LogP contribution is 2.21. The van der Waals surface area contributed by atoms with Gasteiger partial charge in [-0.2, -0.15) is 0 Å². The lowest BCUT2D eigenvalue weighted by molar-refractivity contribution is 0.588. The second kappa shape index (κ2) is 5.77. The van der Waals surface area contributed by atoms with Crippen LogP contribution in [0.3, 0.4) is 0 Å². The van der Waals surface area contributed by atoms with Gasteiger partial charge in [-0.1, -0.05) is 36.4 Å². The van der Waals surface area contributed by atoms with E-state index in [0.29, 0.717) is 4.90 Å². The van der Waals surface area contributed by atoms with Gasteiger partial charge in [-0.25, -0.2) is 8.42 Å². The Balaban J connectivity index is 2.27. The Morgan fingerprint density at radius 1 is 1.05 bits per heavy atom. The van der Waals surface area contributed by atoms with Crippen molar-refractivity contribution in [3.05, 3.63) is 65.2 Å². The van der Waals surface area contributed by atoms with E-state index in [-0.39, 0.29) is 5.75 Å². The molecule has 2 aromatic carbocycles. The average molecular weight is 289 g/mol. The van der Waals surface area contributed by atoms with Gasteiger partial charge in [0.15, 0.2) is 9.84 Å². The van der Waals surface area contributed by atoms with E-state index >= 15 is 0 Å². The third kappa shape index (κ3) is 3.26. The molecular weight excluding hydrogens is 270 g/mol. The second-order valence-corrected chi connectivity index (χ2v) is 7.10. The van der Waals surface area contributed by atoms with Crippen LogP contribution >= 0.6 is 0 Å². The van der Waals surface area contributed by atoms with Crippen LogP contribution in [0.15, 0.2) is 53.4 Å². The van der Waals surface area contributed by atoms with E-state index in [1.165, 1.54) is 0 Å². The number of aryl methyl sites for hydroxylation is 2. The SMILES string of the molecule is Cc1cccc(S(=O)(=O)CC(N)c2ccccc2C)c1. The summed E-state index contributed by atoms with van der Waals surface area (Å²) in [6, 6.07) is 14.0. The summed E-state index contributed by atoms with van der Waals surface area (Å²) in [6.45, 7) is 3.81. The fourth-order valence-corrected chi connectivity index (χ4v) is 3.73. The third-order valence-electron chi connectivity index (χ3n) is 3.34. The van der Waals surface area contributed by atoms with E-state index in [4.69, 9.17) is 5.73 Å². The molecule has 0 amide bonds. The Morgan fingerprint density at radius 3 is 2.40 bits per heavy atom. The second-order valence-electron chi connectivity index (χ2n) is 5.06. The quantitative estimate of drug-likeness (QED) is 0.941. The van der Waals surface area contributed by atoms with Crippen LogP contribution in [-0.4, -0.2) is 14.2 Å². The van der Waals surface area contributed by atoms with Crippen molar-refractivity contribution in [1.82, 2.24) is 0 Å². The molecule has 0 bridgehead atoms. The van der Waals surface area contributed by atoms with E-state index in [0.717, 1.165) is 16.7 Å². The van der Waals surface area contributed by atoms with Crippen molar-refractivity contribution in [2.75, 3.05) is 5.75 Å². The maximum atomic E-state index is 12.4. The lowest BCUT2D eigenvalue weighted by Gasteiger charge is -2.15. The van der Waals surface area contributed by atoms with Crippen LogP contribution in [0.2, 0.25) is 0 Å². The summed E-state index contributed by atoms with van der Waals surface area (Å²) in [6.07, 6.45) is 0. The molecule has 1 atom stereocenters. The zero-order chi connectivity index (χ0) is 14.8. The summed E-state index contributed by atoms with van der Waals surface area (Å²) < 4.78 is 24.8. The molecular formula is C16H19NO2S. The maximum absolute atomic E-state index is 12.4. The first-order valence-electron chi connectivity index (χ1n) is 6.51. The Labute approximate surface area is 120 Å². The molecule has 0 heterocycles. The topological polar surface area (TPSA) is 60.2 Å². The van der Waals surface area contributed by atoms with Crippen molar-refractivity contribution >= 4 is 9.84 Å². The van der Waals surface area contributed by atoms with Crippen LogP contribution in [0.5, 0.6) is 0 Å². The Bertz CT molecular complexity index is 708. The van der Waals surface area contributed by atoms with Gasteiger partial charge in [-0.15, -0.1) is 0 Å². The molecule has 0 aliphatic rings. The lowest BCUT2D eigenvalue weighted by Crippen LogP contribution is -2.22. The molecule has 0 aliphatic carbocycles. The molecule has 106 valence electrons. The maximum Gasteiger partial charge on any atom is 0.180 e. The van der Waals surface area contributed by atoms with Crippen LogP contribution in [0.25, 0.3) is 0 Å². The summed E-state index contributed by atoms with van der Waals surface area (Å²) in [5.41, 5.74) is 8.90. The minimum atomic E-state index is -3.37. The van der Waals surface area contributed by atoms with E-state index in [1.54, 1.807) is 18.2 Å². The normalized spacial score (nSPS) is 13.2. The summed E-state index contributed by atoms with van der Waals surface area (Å²) in [5.74, 6) is -0.0820. The smallest absolute Gasteiger partial charge is 0.180 e. The number of sulfone groups is 1. The average Bonchev–Trinajstić information content (AvgIpc) is 2.38. The largest absolute Gasteiger partial charge is 0.323 e. The van der Waals surface area contributed by atoms with Crippen LogP contribution in [-0.2, 0) is 9.84 Å². The zero-order valence-electron chi connectivity index (χ0n) is 11.7. The van der Waals surface area contributed by atoms with Gasteiger partial charge < -0.3 is 5.73 Å². The number of hydrogen-bond donors (Lipinski definition) is 1. The van der Waals surface area contributed by atoms with Crippen LogP contribution in [0.1, 0.15) is 22.7 Å². The first-order chi connectivity index (χ1) is 9.40. The molecule has 20 heavy (non-hydrogen) atoms. The van der Waals surface area contributed by atoms with Gasteiger partial charge in [-0.05, 0) is 42.7 Å². The van der Waals surface area contributed by atoms with Crippen molar-refractivity contribution in [2.45, 2.75) is 24.8 Å². The molecule has 4 heteroatoms. The van der Waals surface area contributed by atoms with Gasteiger partial charge in [0, 0.05) is 6.04 Å². The fraction of sp³-hybridized carbons (Fsp3) is 0.250. The van der Waals surface area contributed by atoms with E-state index in [9.17, 15) is 8.42 Å². The highest BCUT2D eigenvalue weighted by atomic mass is 32.2. The molecule has 0 fully saturated rings. The van der Waals surface area contributed by atoms with Crippen LogP contribution < -0.4 is 5.73 Å². The third-order valence-corrected chi connectivity index (χ3v) is 5.11. The van der Waals surface area contributed by atoms with Gasteiger partial charge in [-0.3, -0.25) is 0 Å². The highest BCUT2D eigenvalue weighted by Gasteiger charge is 2.20. The molecule has 2 rings (SSSR count). The predicted molar refractivity (Wildman–Crippen MR) is 81.3 cm³/mol. The molecule has 0 saturated carbocycles. The van der Waals surface area contributed by atoms with Crippen molar-refractivity contribution in [2.24, 2.45) is 5.73 Å². The van der Waals surface area contributed by atoms with E-state index in [1.807, 2.05) is 44.2 Å². The Kier molecular flexibility index (Phi) is 4.26. The minimum absolute atomic E-state index is 0.0820. The molecule has 2 aromatic rings. The van der Waals surface area contributed by atoms with Gasteiger partial charge in [0.25, 0.3) is 0 Å². The molecule has 1 unspecified atom stereocenters. The van der Waals surface area contributed by atoms with Gasteiger partial charge in [0.1, 0.15) is 0 Å². The lowest BCUT2D eigenvalue weighted by atomic mass is 10.0. The minimum Gasteiger partial charge on any atom is -0.323 e. The Hall–Kier alpha value is -1.65. The number of benzene rings is 2. The zero-order valence-corrected chi connectivity index (χ0v) is 12.5. The van der Waals surface area contributed by atoms with Crippen LogP contribution in [0, 0.1) is 13.8 Å². The predicted octanol–water partition coefficient (Wildman–Crippen LogP) is 2.78. The highest BCUT2D eigenvalue weighted by molar-refractivity contribution is 7.91. The first-order valence-corrected chi connectivity index (χ1v) is 8.16. The number of hydrogen-bond acceptors (Lipinski definition) is 3. The Morgan fingerprint density at radius 2 is 1.75 bits per heavy atom. The molecule has 0 saturated heterocycles. The van der Waals surface area contributed by atoms with Gasteiger partial charge in [0.2, 0.25) is 0 Å². The first kappa shape index (κ1) is 14.8. The molecule has 0 radical (unpaired) electrons. The number of rotatable bonds is 4. The molecule has 0 spiro atoms. The van der Waals surface area contributed by atoms with Crippen molar-refractivity contribution in [3.8, 4) is 0 Å². The van der Waals surface area contributed by atoms with Gasteiger partial charge in [0.05, 0.1) is 10.6 Å². The van der Waals surface area contributed by atoms with Crippen molar-refractivity contribution in [1.29, 1.82) is 0 Å². The molecule has 0 aromatic heterocycles. The van der Waals surface area contributed by atoms with Crippen LogP contribution in [0.4, 0.5) is 0 Å². The summed E-state index contributed by atoms with van der Waals surface area (Å²) in [5, 5.41) is 0. The monoisotopic (exact) mass is 289 g/mol. The molecule has 2 N–H and O–H groups in total. The number of nitrogens with two attached hydrogens (primary N) is 1. The van der Waals surface area contributed by atoms with Gasteiger partial charge >= 0.3 is 0 Å². The molecule has 0 aliphatic heterocycles. The summed E-state index contributed by atoms with van der Waals surface area (Å²) in [4.78, 5) is 0.335. The van der Waals surface area contributed by atoms with E-state index < -0.39 is 15.9 Å². The summed E-state index contributed by atoms with van der Waals surface area (Å²) in [7, 11) is -3.37. The molecule has 3 nitrogen and oxygen atoms in total. The standard InChI is InChI=1S/C16H19NO2S/c1-12-6-5-8-14(10-12)20(18,19)11-16(17)15-9-4-3-7-13(15)2/h3-10,16H,11,17H2,1-2H3. The van der Waals surface area contributed by atoms with Crippen molar-refractivity contribution in [3.63, 3.8) is 0 Å².